The largest absolute Gasteiger partial charge is 0.432 e. The maximum atomic E-state index is 15.2. The molecular formula is C59H96O27. The molecule has 0 aromatic carbocycles. The first-order chi connectivity index (χ1) is 40.4. The lowest BCUT2D eigenvalue weighted by Crippen LogP contribution is -2.67. The Labute approximate surface area is 499 Å². The summed E-state index contributed by atoms with van der Waals surface area (Å²) in [5, 5.41) is 172. The molecular weight excluding hydrogens is 1140 g/mol. The van der Waals surface area contributed by atoms with E-state index in [1.165, 1.54) is 12.5 Å². The van der Waals surface area contributed by atoms with Crippen molar-refractivity contribution in [3.8, 4) is 0 Å². The van der Waals surface area contributed by atoms with Crippen LogP contribution in [0.5, 0.6) is 0 Å². The van der Waals surface area contributed by atoms with Crippen molar-refractivity contribution in [1.29, 1.82) is 0 Å². The summed E-state index contributed by atoms with van der Waals surface area (Å²) in [4.78, 5) is 15.2. The van der Waals surface area contributed by atoms with Gasteiger partial charge < -0.3 is 129 Å². The molecule has 0 spiro atoms. The van der Waals surface area contributed by atoms with Gasteiger partial charge in [-0.15, -0.1) is 0 Å². The summed E-state index contributed by atoms with van der Waals surface area (Å²) in [6.07, 6.45) is -30.6. The highest BCUT2D eigenvalue weighted by Crippen LogP contribution is 2.76. The van der Waals surface area contributed by atoms with Crippen molar-refractivity contribution in [2.45, 2.75) is 266 Å². The number of carbonyl (C=O) groups excluding carboxylic acids is 1. The average Bonchev–Trinajstić information content (AvgIpc) is 0.747. The van der Waals surface area contributed by atoms with Crippen LogP contribution >= 0.6 is 0 Å². The number of fused-ring (bicyclic) bond motifs is 7. The predicted molar refractivity (Wildman–Crippen MR) is 289 cm³/mol. The summed E-state index contributed by atoms with van der Waals surface area (Å²) in [6.45, 7) is 12.1. The van der Waals surface area contributed by atoms with Gasteiger partial charge in [-0.1, -0.05) is 53.2 Å². The van der Waals surface area contributed by atoms with Gasteiger partial charge in [0, 0.05) is 5.41 Å². The predicted octanol–water partition coefficient (Wildman–Crippen LogP) is -3.57. The van der Waals surface area contributed by atoms with Crippen molar-refractivity contribution in [1.82, 2.24) is 0 Å². The Morgan fingerprint density at radius 1 is 0.558 bits per heavy atom. The SMILES string of the molecule is C[C@@H]1O[C@@H](O[C@H]2[C@H](O)[C@@H](O)[C@H](OC[C@H]3O[C@@H](OC(=O)[C@]45CCC(C)(C)C[C@H]4C4=CC[C@@H]6[C@@]7(C)CC[C@H](O[C@@H]8OC[C@H](O[C@@H]9O[C@H](CO)[C@@H](O)[C@H](O)[C@H]9O)[C@H](O)[C@H]8O)[C@@](C)(CO)[C@H]7CC[C@@]6(C)[C@]4(C)CC5)[C@H](O)[C@@H](O)[C@@H]3O)O[C@@H]2CO)[C@H](O)[C@H](O)[C@H]1O. The molecule has 4 saturated carbocycles. The summed E-state index contributed by atoms with van der Waals surface area (Å²) in [6, 6.07) is 0. The molecule has 10 rings (SSSR count). The summed E-state index contributed by atoms with van der Waals surface area (Å²) in [5.74, 6) is -0.862. The van der Waals surface area contributed by atoms with Gasteiger partial charge >= 0.3 is 5.97 Å². The molecule has 86 heavy (non-hydrogen) atoms. The minimum atomic E-state index is -1.90. The van der Waals surface area contributed by atoms with E-state index in [4.69, 9.17) is 47.4 Å². The molecule has 27 nitrogen and oxygen atoms in total. The third-order valence-corrected chi connectivity index (χ3v) is 23.3. The topological polar surface area (TPSA) is 433 Å². The molecule has 9 fully saturated rings. The fourth-order valence-corrected chi connectivity index (χ4v) is 17.6. The van der Waals surface area contributed by atoms with Crippen LogP contribution in [-0.4, -0.2) is 274 Å². The average molecular weight is 1240 g/mol. The lowest BCUT2D eigenvalue weighted by Gasteiger charge is -2.71. The van der Waals surface area contributed by atoms with E-state index in [-0.39, 0.29) is 47.2 Å². The normalized spacial score (nSPS) is 54.8. The Kier molecular flexibility index (Phi) is 19.4. The van der Waals surface area contributed by atoms with Gasteiger partial charge in [0.2, 0.25) is 6.29 Å². The number of rotatable bonds is 14. The number of carbonyl (C=O) groups is 1. The number of aliphatic hydroxyl groups excluding tert-OH is 16. The van der Waals surface area contributed by atoms with E-state index in [0.717, 1.165) is 12.8 Å². The van der Waals surface area contributed by atoms with Gasteiger partial charge in [-0.25, -0.2) is 0 Å². The quantitative estimate of drug-likeness (QED) is 0.0454. The van der Waals surface area contributed by atoms with Crippen LogP contribution in [0.25, 0.3) is 0 Å². The molecule has 494 valence electrons. The van der Waals surface area contributed by atoms with Crippen molar-refractivity contribution in [3.63, 3.8) is 0 Å². The van der Waals surface area contributed by atoms with Gasteiger partial charge in [0.25, 0.3) is 0 Å². The molecule has 0 aromatic rings. The molecule has 0 amide bonds. The van der Waals surface area contributed by atoms with Gasteiger partial charge in [0.05, 0.1) is 50.7 Å². The van der Waals surface area contributed by atoms with Gasteiger partial charge in [0.15, 0.2) is 25.2 Å². The van der Waals surface area contributed by atoms with Crippen LogP contribution in [-0.2, 0) is 52.2 Å². The third kappa shape index (κ3) is 11.2. The van der Waals surface area contributed by atoms with E-state index in [0.29, 0.717) is 51.4 Å². The van der Waals surface area contributed by atoms with Crippen LogP contribution in [0, 0.1) is 50.2 Å². The zero-order valence-electron chi connectivity index (χ0n) is 50.0. The maximum absolute atomic E-state index is 15.2. The van der Waals surface area contributed by atoms with Gasteiger partial charge in [-0.05, 0) is 111 Å². The Hall–Kier alpha value is -1.79. The second-order valence-corrected chi connectivity index (χ2v) is 28.5. The Morgan fingerprint density at radius 3 is 1.80 bits per heavy atom. The van der Waals surface area contributed by atoms with E-state index in [2.05, 4.69) is 40.7 Å². The summed E-state index contributed by atoms with van der Waals surface area (Å²) < 4.78 is 58.7. The smallest absolute Gasteiger partial charge is 0.315 e. The molecule has 33 atom stereocenters. The molecule has 5 aliphatic carbocycles. The highest BCUT2D eigenvalue weighted by molar-refractivity contribution is 5.79. The van der Waals surface area contributed by atoms with E-state index in [1.54, 1.807) is 0 Å². The number of hydrogen-bond donors (Lipinski definition) is 16. The second-order valence-electron chi connectivity index (χ2n) is 28.5. The summed E-state index contributed by atoms with van der Waals surface area (Å²) >= 11 is 0. The van der Waals surface area contributed by atoms with E-state index in [9.17, 15) is 81.7 Å². The zero-order chi connectivity index (χ0) is 62.7. The van der Waals surface area contributed by atoms with Gasteiger partial charge in [-0.2, -0.15) is 0 Å². The first-order valence-electron chi connectivity index (χ1n) is 30.8. The lowest BCUT2D eigenvalue weighted by molar-refractivity contribution is -0.361. The Balaban J connectivity index is 0.809. The first-order valence-corrected chi connectivity index (χ1v) is 30.8. The zero-order valence-corrected chi connectivity index (χ0v) is 50.0. The highest BCUT2D eigenvalue weighted by atomic mass is 16.8. The minimum Gasteiger partial charge on any atom is -0.432 e. The van der Waals surface area contributed by atoms with E-state index in [1.807, 2.05) is 6.92 Å². The molecule has 5 heterocycles. The number of hydrogen-bond acceptors (Lipinski definition) is 27. The van der Waals surface area contributed by atoms with E-state index >= 15 is 4.79 Å². The number of esters is 1. The number of aliphatic hydroxyl groups is 16. The fourth-order valence-electron chi connectivity index (χ4n) is 17.6. The third-order valence-electron chi connectivity index (χ3n) is 23.3. The van der Waals surface area contributed by atoms with Crippen molar-refractivity contribution in [2.75, 3.05) is 33.0 Å². The number of ether oxygens (including phenoxy) is 10. The molecule has 27 heteroatoms. The van der Waals surface area contributed by atoms with Crippen LogP contribution in [0.4, 0.5) is 0 Å². The van der Waals surface area contributed by atoms with Crippen LogP contribution < -0.4 is 0 Å². The molecule has 0 unspecified atom stereocenters. The Morgan fingerprint density at radius 2 is 1.14 bits per heavy atom. The van der Waals surface area contributed by atoms with Crippen LogP contribution in [0.15, 0.2) is 11.6 Å². The molecule has 16 N–H and O–H groups in total. The van der Waals surface area contributed by atoms with Crippen molar-refractivity contribution in [3.05, 3.63) is 11.6 Å². The van der Waals surface area contributed by atoms with Crippen molar-refractivity contribution in [2.24, 2.45) is 50.2 Å². The molecule has 5 saturated heterocycles. The first kappa shape index (κ1) is 67.1. The van der Waals surface area contributed by atoms with Crippen LogP contribution in [0.2, 0.25) is 0 Å². The van der Waals surface area contributed by atoms with E-state index < -0.39 is 196 Å². The summed E-state index contributed by atoms with van der Waals surface area (Å²) in [5.41, 5.74) is -1.93. The van der Waals surface area contributed by atoms with Gasteiger partial charge in [0.1, 0.15) is 110 Å². The molecule has 0 bridgehead atoms. The molecule has 0 aromatic heterocycles. The molecule has 10 aliphatic rings. The Bertz CT molecular complexity index is 2380. The molecule has 0 radical (unpaired) electrons. The van der Waals surface area contributed by atoms with Gasteiger partial charge in [-0.3, -0.25) is 4.79 Å². The summed E-state index contributed by atoms with van der Waals surface area (Å²) in [7, 11) is 0. The standard InChI is InChI=1S/C59H96O27/c1-24-34(63)38(67)43(72)50(79-24)85-47-28(20-61)81-48(46(75)41(47)70)77-21-29-36(65)40(69)45(74)52(83-29)86-53(76)59-16-14-54(2,3)18-26(59)25-8-9-32-55(4)12-11-33(56(5,23-62)31(55)10-13-58(32,7)57(25,6)15-17-59)84-49-42(71)37(66)30(22-78-49)82-51-44(73)39(68)35(64)27(19-60)80-51/h8,24,26-52,60-75H,9-23H2,1-7H3/t24-,26-,27+,28+,29+,30-,31-,32+,33-,34-,35+,36+,37-,38+,39-,40-,41+,42+,43+,44+,45+,46+,47+,48+,49-,50-,51-,52-,55-,56-,57+,58+,59-/m0/s1. The van der Waals surface area contributed by atoms with Crippen LogP contribution in [0.1, 0.15) is 113 Å². The van der Waals surface area contributed by atoms with Crippen LogP contribution in [0.3, 0.4) is 0 Å². The van der Waals surface area contributed by atoms with Crippen molar-refractivity contribution < 1.29 is 134 Å². The minimum absolute atomic E-state index is 0.0638. The highest BCUT2D eigenvalue weighted by Gasteiger charge is 2.71. The fraction of sp³-hybridized carbons (Fsp3) is 0.949. The maximum Gasteiger partial charge on any atom is 0.315 e. The lowest BCUT2D eigenvalue weighted by atomic mass is 9.33. The van der Waals surface area contributed by atoms with Crippen molar-refractivity contribution >= 4 is 5.97 Å². The molecule has 5 aliphatic heterocycles. The number of allylic oxidation sites excluding steroid dienone is 2. The second kappa shape index (κ2) is 24.9. The monoisotopic (exact) mass is 1240 g/mol.